The molecule has 1 aromatic rings. The van der Waals surface area contributed by atoms with Crippen LogP contribution < -0.4 is 0 Å². The first-order valence-corrected chi connectivity index (χ1v) is 5.98. The predicted octanol–water partition coefficient (Wildman–Crippen LogP) is 3.36. The zero-order valence-electron chi connectivity index (χ0n) is 8.09. The maximum Gasteiger partial charge on any atom is 0.0414 e. The van der Waals surface area contributed by atoms with Gasteiger partial charge in [0, 0.05) is 17.2 Å². The topological polar surface area (TPSA) is 12.9 Å². The summed E-state index contributed by atoms with van der Waals surface area (Å²) >= 11 is 3.42. The summed E-state index contributed by atoms with van der Waals surface area (Å²) in [6.45, 7) is 2.22. The highest BCUT2D eigenvalue weighted by Crippen LogP contribution is 2.07. The van der Waals surface area contributed by atoms with E-state index < -0.39 is 0 Å². The number of nitrogens with zero attached hydrogens (tertiary/aromatic N) is 1. The third kappa shape index (κ3) is 3.90. The summed E-state index contributed by atoms with van der Waals surface area (Å²) in [6.07, 6.45) is 6.67. The molecule has 0 aliphatic rings. The summed E-state index contributed by atoms with van der Waals surface area (Å²) in [5.41, 5.74) is 2.62. The molecule has 1 nitrogen and oxygen atoms in total. The van der Waals surface area contributed by atoms with Crippen LogP contribution in [0.4, 0.5) is 0 Å². The Morgan fingerprint density at radius 1 is 1.38 bits per heavy atom. The second-order valence-corrected chi connectivity index (χ2v) is 3.99. The number of rotatable bonds is 5. The lowest BCUT2D eigenvalue weighted by Gasteiger charge is -2.02. The lowest BCUT2D eigenvalue weighted by atomic mass is 10.1. The minimum Gasteiger partial charge on any atom is -0.261 e. The van der Waals surface area contributed by atoms with Gasteiger partial charge in [0.15, 0.2) is 0 Å². The van der Waals surface area contributed by atoms with E-state index >= 15 is 0 Å². The molecule has 1 heterocycles. The Balaban J connectivity index is 2.56. The zero-order chi connectivity index (χ0) is 9.52. The average Bonchev–Trinajstić information content (AvgIpc) is 2.16. The van der Waals surface area contributed by atoms with Crippen LogP contribution in [0, 0.1) is 0 Å². The average molecular weight is 242 g/mol. The second-order valence-electron chi connectivity index (χ2n) is 3.20. The molecule has 0 saturated heterocycles. The lowest BCUT2D eigenvalue weighted by molar-refractivity contribution is 0.791. The van der Waals surface area contributed by atoms with E-state index in [1.807, 2.05) is 6.20 Å². The van der Waals surface area contributed by atoms with E-state index in [1.165, 1.54) is 30.5 Å². The summed E-state index contributed by atoms with van der Waals surface area (Å²) < 4.78 is 0. The van der Waals surface area contributed by atoms with E-state index in [9.17, 15) is 0 Å². The van der Waals surface area contributed by atoms with Gasteiger partial charge in [0.05, 0.1) is 0 Å². The highest BCUT2D eigenvalue weighted by atomic mass is 79.9. The molecule has 0 spiro atoms. The van der Waals surface area contributed by atoms with Gasteiger partial charge >= 0.3 is 0 Å². The molecule has 0 N–H and O–H groups in total. The van der Waals surface area contributed by atoms with Crippen LogP contribution in [-0.4, -0.2) is 10.3 Å². The third-order valence-corrected chi connectivity index (χ3v) is 2.45. The molecule has 72 valence electrons. The molecule has 2 heteroatoms. The summed E-state index contributed by atoms with van der Waals surface area (Å²) in [7, 11) is 0. The van der Waals surface area contributed by atoms with Crippen LogP contribution >= 0.6 is 15.9 Å². The zero-order valence-corrected chi connectivity index (χ0v) is 9.68. The van der Waals surface area contributed by atoms with Crippen molar-refractivity contribution in [1.82, 2.24) is 4.98 Å². The number of unbranched alkanes of at least 4 members (excludes halogenated alkanes) is 1. The first-order valence-electron chi connectivity index (χ1n) is 4.86. The van der Waals surface area contributed by atoms with Crippen molar-refractivity contribution in [2.75, 3.05) is 5.33 Å². The van der Waals surface area contributed by atoms with Crippen LogP contribution in [0.3, 0.4) is 0 Å². The van der Waals surface area contributed by atoms with Crippen molar-refractivity contribution in [1.29, 1.82) is 0 Å². The van der Waals surface area contributed by atoms with E-state index in [2.05, 4.69) is 40.0 Å². The Labute approximate surface area is 88.7 Å². The minimum absolute atomic E-state index is 0.997. The second kappa shape index (κ2) is 6.14. The normalized spacial score (nSPS) is 10.3. The molecule has 1 aromatic heterocycles. The largest absolute Gasteiger partial charge is 0.261 e. The van der Waals surface area contributed by atoms with Crippen molar-refractivity contribution < 1.29 is 0 Å². The van der Waals surface area contributed by atoms with E-state index in [1.54, 1.807) is 0 Å². The predicted molar refractivity (Wildman–Crippen MR) is 60.3 cm³/mol. The number of hydrogen-bond donors (Lipinski definition) is 0. The van der Waals surface area contributed by atoms with Gasteiger partial charge in [0.2, 0.25) is 0 Å². The molecule has 0 radical (unpaired) electrons. The Morgan fingerprint density at radius 2 is 2.23 bits per heavy atom. The number of hydrogen-bond acceptors (Lipinski definition) is 1. The van der Waals surface area contributed by atoms with Crippen molar-refractivity contribution in [3.05, 3.63) is 29.6 Å². The van der Waals surface area contributed by atoms with Crippen molar-refractivity contribution in [2.45, 2.75) is 32.6 Å². The Hall–Kier alpha value is -0.370. The molecule has 0 aliphatic heterocycles. The highest BCUT2D eigenvalue weighted by Gasteiger charge is 1.96. The molecule has 0 fully saturated rings. The van der Waals surface area contributed by atoms with Gasteiger partial charge in [-0.15, -0.1) is 0 Å². The van der Waals surface area contributed by atoms with Crippen LogP contribution in [0.5, 0.6) is 0 Å². The van der Waals surface area contributed by atoms with Gasteiger partial charge in [0.25, 0.3) is 0 Å². The van der Waals surface area contributed by atoms with Crippen LogP contribution in [0.25, 0.3) is 0 Å². The smallest absolute Gasteiger partial charge is 0.0414 e. The molecule has 0 saturated carbocycles. The fourth-order valence-electron chi connectivity index (χ4n) is 1.30. The van der Waals surface area contributed by atoms with E-state index in [4.69, 9.17) is 0 Å². The number of aromatic nitrogens is 1. The monoisotopic (exact) mass is 241 g/mol. The summed E-state index contributed by atoms with van der Waals surface area (Å²) in [5.74, 6) is 0. The fourth-order valence-corrected chi connectivity index (χ4v) is 1.70. The Bertz CT molecular complexity index is 248. The van der Waals surface area contributed by atoms with Gasteiger partial charge in [-0.3, -0.25) is 4.98 Å². The van der Waals surface area contributed by atoms with Gasteiger partial charge in [-0.25, -0.2) is 0 Å². The Kier molecular flexibility index (Phi) is 5.06. The molecule has 0 unspecified atom stereocenters. The molecular formula is C11H16BrN. The van der Waals surface area contributed by atoms with Crippen LogP contribution in [0.1, 0.15) is 31.0 Å². The molecular weight excluding hydrogens is 226 g/mol. The molecule has 1 rings (SSSR count). The maximum atomic E-state index is 4.31. The van der Waals surface area contributed by atoms with E-state index in [0.717, 1.165) is 11.8 Å². The standard InChI is InChI=1S/C11H16BrN/c1-2-3-4-10-6-8-13-11(9-10)5-7-12/h6,8-9H,2-5,7H2,1H3. The van der Waals surface area contributed by atoms with Gasteiger partial charge in [-0.05, 0) is 37.0 Å². The molecule has 13 heavy (non-hydrogen) atoms. The van der Waals surface area contributed by atoms with Crippen molar-refractivity contribution in [3.8, 4) is 0 Å². The first-order chi connectivity index (χ1) is 6.36. The fraction of sp³-hybridized carbons (Fsp3) is 0.545. The van der Waals surface area contributed by atoms with Gasteiger partial charge < -0.3 is 0 Å². The molecule has 0 atom stereocenters. The van der Waals surface area contributed by atoms with Crippen LogP contribution in [0.2, 0.25) is 0 Å². The van der Waals surface area contributed by atoms with Crippen molar-refractivity contribution >= 4 is 15.9 Å². The summed E-state index contributed by atoms with van der Waals surface area (Å²) in [6, 6.07) is 4.34. The number of pyridine rings is 1. The molecule has 0 amide bonds. The summed E-state index contributed by atoms with van der Waals surface area (Å²) in [4.78, 5) is 4.31. The van der Waals surface area contributed by atoms with Gasteiger partial charge in [-0.2, -0.15) is 0 Å². The Morgan fingerprint density at radius 3 is 2.92 bits per heavy atom. The van der Waals surface area contributed by atoms with E-state index in [-0.39, 0.29) is 0 Å². The maximum absolute atomic E-state index is 4.31. The SMILES string of the molecule is CCCCc1ccnc(CCBr)c1. The number of alkyl halides is 1. The summed E-state index contributed by atoms with van der Waals surface area (Å²) in [5, 5.41) is 0.997. The van der Waals surface area contributed by atoms with Crippen LogP contribution in [-0.2, 0) is 12.8 Å². The van der Waals surface area contributed by atoms with Gasteiger partial charge in [-0.1, -0.05) is 29.3 Å². The lowest BCUT2D eigenvalue weighted by Crippen LogP contribution is -1.93. The van der Waals surface area contributed by atoms with Crippen molar-refractivity contribution in [2.24, 2.45) is 0 Å². The third-order valence-electron chi connectivity index (χ3n) is 2.05. The number of aryl methyl sites for hydroxylation is 2. The molecule has 0 bridgehead atoms. The number of halogens is 1. The minimum atomic E-state index is 0.997. The quantitative estimate of drug-likeness (QED) is 0.721. The van der Waals surface area contributed by atoms with Gasteiger partial charge in [0.1, 0.15) is 0 Å². The molecule has 0 aromatic carbocycles. The van der Waals surface area contributed by atoms with E-state index in [0.29, 0.717) is 0 Å². The first kappa shape index (κ1) is 10.7. The van der Waals surface area contributed by atoms with Crippen molar-refractivity contribution in [3.63, 3.8) is 0 Å². The molecule has 0 aliphatic carbocycles. The highest BCUT2D eigenvalue weighted by molar-refractivity contribution is 9.09. The van der Waals surface area contributed by atoms with Crippen LogP contribution in [0.15, 0.2) is 18.3 Å².